The van der Waals surface area contributed by atoms with Crippen molar-refractivity contribution < 1.29 is 32.9 Å². The molecule has 3 atom stereocenters. The number of allylic oxidation sites excluding steroid dienone is 17. The number of unbranched alkanes of at least 4 members (excludes halogenated alkanes) is 20. The number of nitrogens with zero attached hydrogens (tertiary/aromatic N) is 1. The lowest BCUT2D eigenvalue weighted by Crippen LogP contribution is -2.45. The normalized spacial score (nSPS) is 14.8. The van der Waals surface area contributed by atoms with Crippen LogP contribution in [0.1, 0.15) is 213 Å². The fourth-order valence-corrected chi connectivity index (χ4v) is 8.09. The van der Waals surface area contributed by atoms with E-state index in [9.17, 15) is 19.4 Å². The first-order chi connectivity index (χ1) is 33.5. The molecule has 0 radical (unpaired) electrons. The highest BCUT2D eigenvalue weighted by Crippen LogP contribution is 2.43. The molecule has 0 aliphatic heterocycles. The van der Waals surface area contributed by atoms with E-state index in [1.807, 2.05) is 27.2 Å². The lowest BCUT2D eigenvalue weighted by atomic mass is 10.0. The monoisotopic (exact) mass is 982 g/mol. The highest BCUT2D eigenvalue weighted by Gasteiger charge is 2.27. The molecule has 0 rings (SSSR count). The van der Waals surface area contributed by atoms with Gasteiger partial charge in [0.1, 0.15) is 13.2 Å². The van der Waals surface area contributed by atoms with Crippen LogP contribution in [0.15, 0.2) is 109 Å². The van der Waals surface area contributed by atoms with Crippen molar-refractivity contribution in [1.82, 2.24) is 5.32 Å². The number of nitrogens with one attached hydrogen (secondary N) is 1. The minimum atomic E-state index is -4.36. The molecular weight excluding hydrogens is 876 g/mol. The van der Waals surface area contributed by atoms with E-state index < -0.39 is 20.0 Å². The number of likely N-dealkylation sites (N-methyl/N-ethyl adjacent to an activating group) is 1. The maximum atomic E-state index is 12.9. The van der Waals surface area contributed by atoms with Crippen LogP contribution in [0.25, 0.3) is 0 Å². The van der Waals surface area contributed by atoms with Crippen LogP contribution in [0, 0.1) is 0 Å². The summed E-state index contributed by atoms with van der Waals surface area (Å²) in [5.74, 6) is -0.196. The second-order valence-corrected chi connectivity index (χ2v) is 21.0. The summed E-state index contributed by atoms with van der Waals surface area (Å²) in [4.78, 5) is 23.2. The van der Waals surface area contributed by atoms with Gasteiger partial charge in [0.05, 0.1) is 39.9 Å². The molecular formula is C60H106N2O6P+. The molecule has 0 heterocycles. The Balaban J connectivity index is 4.06. The van der Waals surface area contributed by atoms with E-state index in [1.165, 1.54) is 103 Å². The van der Waals surface area contributed by atoms with Gasteiger partial charge in [-0.05, 0) is 89.9 Å². The van der Waals surface area contributed by atoms with Gasteiger partial charge in [-0.3, -0.25) is 13.8 Å². The van der Waals surface area contributed by atoms with Gasteiger partial charge in [0.2, 0.25) is 5.91 Å². The number of hydrogen-bond acceptors (Lipinski definition) is 5. The predicted molar refractivity (Wildman–Crippen MR) is 299 cm³/mol. The topological polar surface area (TPSA) is 105 Å². The minimum Gasteiger partial charge on any atom is -0.387 e. The van der Waals surface area contributed by atoms with Crippen molar-refractivity contribution in [3.8, 4) is 0 Å². The SMILES string of the molecule is CC/C=C\C/C=C\C/C=C\C/C=C\C/C=C\C/C=C\CCCCCCCCCCCCCCCCCCC(=O)NC(COP(=O)(O)OCC[N+](C)(C)C)C(O)/C=C/CC/C=C/CC/C=C/CCCC. The fraction of sp³-hybridized carbons (Fsp3) is 0.683. The van der Waals surface area contributed by atoms with Gasteiger partial charge in [-0.25, -0.2) is 4.57 Å². The van der Waals surface area contributed by atoms with E-state index in [4.69, 9.17) is 9.05 Å². The Morgan fingerprint density at radius 2 is 0.884 bits per heavy atom. The average Bonchev–Trinajstić information content (AvgIpc) is 3.31. The van der Waals surface area contributed by atoms with Gasteiger partial charge in [-0.15, -0.1) is 0 Å². The number of phosphoric ester groups is 1. The van der Waals surface area contributed by atoms with Crippen molar-refractivity contribution in [3.05, 3.63) is 109 Å². The van der Waals surface area contributed by atoms with Crippen molar-refractivity contribution in [3.63, 3.8) is 0 Å². The first kappa shape index (κ1) is 66.2. The zero-order valence-electron chi connectivity index (χ0n) is 45.0. The van der Waals surface area contributed by atoms with Crippen LogP contribution in [0.5, 0.6) is 0 Å². The Labute approximate surface area is 425 Å². The van der Waals surface area contributed by atoms with Gasteiger partial charge in [0, 0.05) is 6.42 Å². The quantitative estimate of drug-likeness (QED) is 0.0243. The molecule has 0 bridgehead atoms. The summed E-state index contributed by atoms with van der Waals surface area (Å²) in [7, 11) is 1.53. The Morgan fingerprint density at radius 3 is 1.33 bits per heavy atom. The van der Waals surface area contributed by atoms with Crippen LogP contribution in [0.3, 0.4) is 0 Å². The molecule has 0 fully saturated rings. The molecule has 0 aliphatic rings. The summed E-state index contributed by atoms with van der Waals surface area (Å²) in [5.41, 5.74) is 0. The molecule has 0 aromatic heterocycles. The van der Waals surface area contributed by atoms with E-state index in [2.05, 4.69) is 116 Å². The summed E-state index contributed by atoms with van der Waals surface area (Å²) in [6, 6.07) is -0.874. The van der Waals surface area contributed by atoms with E-state index in [0.717, 1.165) is 89.9 Å². The minimum absolute atomic E-state index is 0.0495. The molecule has 0 aliphatic carbocycles. The molecule has 3 unspecified atom stereocenters. The standard InChI is InChI=1S/C60H105N2O6P/c1-6-8-10-12-14-16-18-20-21-22-23-24-25-26-27-28-29-30-31-32-33-34-35-36-37-38-39-40-41-42-44-46-48-50-52-54-60(64)61-58(57-68-69(65,66)67-56-55-62(3,4)5)59(63)53-51-49-47-45-43-19-17-15-13-11-9-7-2/h8,10,13-16,20-21,23-24,26-27,29-30,43,45,51,53,58-59,63H,6-7,9,11-12,17-19,22,25,28,31-42,44,46-50,52,54-57H2,1-5H3,(H-,61,64,65,66)/p+1/b10-8-,15-13+,16-14-,21-20-,24-23-,27-26-,30-29-,45-43+,53-51+. The third kappa shape index (κ3) is 52.8. The van der Waals surface area contributed by atoms with Crippen molar-refractivity contribution in [2.45, 2.75) is 225 Å². The molecule has 396 valence electrons. The Hall–Kier alpha value is -2.84. The Kier molecular flexibility index (Phi) is 48.1. The average molecular weight is 982 g/mol. The molecule has 0 saturated heterocycles. The van der Waals surface area contributed by atoms with Crippen molar-refractivity contribution in [1.29, 1.82) is 0 Å². The van der Waals surface area contributed by atoms with Crippen LogP contribution < -0.4 is 5.32 Å². The van der Waals surface area contributed by atoms with Crippen LogP contribution in [0.2, 0.25) is 0 Å². The van der Waals surface area contributed by atoms with Gasteiger partial charge in [0.15, 0.2) is 0 Å². The number of carbonyl (C=O) groups is 1. The molecule has 1 amide bonds. The van der Waals surface area contributed by atoms with Crippen LogP contribution in [-0.4, -0.2) is 73.4 Å². The summed E-state index contributed by atoms with van der Waals surface area (Å²) in [5, 5.41) is 13.8. The van der Waals surface area contributed by atoms with Crippen LogP contribution in [-0.2, 0) is 18.4 Å². The number of aliphatic hydroxyl groups excluding tert-OH is 1. The first-order valence-electron chi connectivity index (χ1n) is 27.8. The summed E-state index contributed by atoms with van der Waals surface area (Å²) >= 11 is 0. The zero-order valence-corrected chi connectivity index (χ0v) is 45.9. The Bertz CT molecular complexity index is 1490. The fourth-order valence-electron chi connectivity index (χ4n) is 7.36. The molecule has 0 saturated carbocycles. The van der Waals surface area contributed by atoms with Gasteiger partial charge < -0.3 is 19.8 Å². The summed E-state index contributed by atoms with van der Waals surface area (Å²) in [6.45, 7) is 4.61. The number of amides is 1. The summed E-state index contributed by atoms with van der Waals surface area (Å²) in [6.07, 6.45) is 73.5. The largest absolute Gasteiger partial charge is 0.472 e. The second kappa shape index (κ2) is 50.1. The van der Waals surface area contributed by atoms with E-state index in [1.54, 1.807) is 6.08 Å². The van der Waals surface area contributed by atoms with Gasteiger partial charge in [-0.2, -0.15) is 0 Å². The smallest absolute Gasteiger partial charge is 0.387 e. The second-order valence-electron chi connectivity index (χ2n) is 19.6. The highest BCUT2D eigenvalue weighted by atomic mass is 31.2. The number of rotatable bonds is 49. The Morgan fingerprint density at radius 1 is 0.507 bits per heavy atom. The number of hydrogen-bond donors (Lipinski definition) is 3. The summed E-state index contributed by atoms with van der Waals surface area (Å²) < 4.78 is 23.6. The number of quaternary nitrogens is 1. The van der Waals surface area contributed by atoms with Gasteiger partial charge in [0.25, 0.3) is 0 Å². The van der Waals surface area contributed by atoms with Crippen LogP contribution >= 0.6 is 7.82 Å². The van der Waals surface area contributed by atoms with Crippen molar-refractivity contribution in [2.75, 3.05) is 40.9 Å². The van der Waals surface area contributed by atoms with Gasteiger partial charge in [-0.1, -0.05) is 226 Å². The lowest BCUT2D eigenvalue weighted by molar-refractivity contribution is -0.870. The maximum Gasteiger partial charge on any atom is 0.472 e. The number of phosphoric acid groups is 1. The first-order valence-corrected chi connectivity index (χ1v) is 29.3. The van der Waals surface area contributed by atoms with Crippen molar-refractivity contribution in [2.24, 2.45) is 0 Å². The molecule has 8 nitrogen and oxygen atoms in total. The molecule has 69 heavy (non-hydrogen) atoms. The third-order valence-electron chi connectivity index (χ3n) is 11.7. The van der Waals surface area contributed by atoms with E-state index in [0.29, 0.717) is 17.4 Å². The third-order valence-corrected chi connectivity index (χ3v) is 12.7. The van der Waals surface area contributed by atoms with Crippen molar-refractivity contribution >= 4 is 13.7 Å². The zero-order chi connectivity index (χ0) is 50.6. The maximum absolute atomic E-state index is 12.9. The number of carbonyl (C=O) groups excluding carboxylic acids is 1. The van der Waals surface area contributed by atoms with E-state index >= 15 is 0 Å². The molecule has 9 heteroatoms. The molecule has 0 aromatic rings. The van der Waals surface area contributed by atoms with Gasteiger partial charge >= 0.3 is 7.82 Å². The lowest BCUT2D eigenvalue weighted by Gasteiger charge is -2.25. The van der Waals surface area contributed by atoms with Crippen LogP contribution in [0.4, 0.5) is 0 Å². The molecule has 0 aromatic carbocycles. The molecule has 3 N–H and O–H groups in total. The highest BCUT2D eigenvalue weighted by molar-refractivity contribution is 7.47. The predicted octanol–water partition coefficient (Wildman–Crippen LogP) is 16.8. The number of aliphatic hydroxyl groups is 1. The molecule has 0 spiro atoms. The van der Waals surface area contributed by atoms with E-state index in [-0.39, 0.29) is 19.1 Å².